The molecule has 1 nitrogen and oxygen atoms in total. The van der Waals surface area contributed by atoms with Gasteiger partial charge in [0.15, 0.2) is 0 Å². The Bertz CT molecular complexity index is 282. The first-order valence-corrected chi connectivity index (χ1v) is 5.30. The van der Waals surface area contributed by atoms with Crippen molar-refractivity contribution in [3.05, 3.63) is 22.7 Å². The average Bonchev–Trinajstić information content (AvgIpc) is 2.66. The van der Waals surface area contributed by atoms with Gasteiger partial charge in [-0.15, -0.1) is 0 Å². The van der Waals surface area contributed by atoms with E-state index in [1.807, 2.05) is 0 Å². The highest BCUT2D eigenvalue weighted by molar-refractivity contribution is 9.11. The first-order chi connectivity index (χ1) is 5.77. The number of aliphatic hydroxyl groups excluding tert-OH is 1. The standard InChI is InChI=1S/C10H11BrO/c11-8-4-7-5-1-2-6(3-5)9(7)10(8)12/h1-2,4-7,9-10,12H,3H2/t5-,6-,7+,9+,10+/m0/s1. The van der Waals surface area contributed by atoms with Crippen LogP contribution in [0.1, 0.15) is 6.42 Å². The van der Waals surface area contributed by atoms with Crippen LogP contribution in [-0.4, -0.2) is 11.2 Å². The summed E-state index contributed by atoms with van der Waals surface area (Å²) < 4.78 is 1.01. The molecule has 3 aliphatic carbocycles. The third-order valence-electron chi connectivity index (χ3n) is 3.58. The monoisotopic (exact) mass is 226 g/mol. The third kappa shape index (κ3) is 0.728. The van der Waals surface area contributed by atoms with E-state index in [0.29, 0.717) is 23.7 Å². The molecule has 5 atom stereocenters. The van der Waals surface area contributed by atoms with Crippen LogP contribution in [0.3, 0.4) is 0 Å². The van der Waals surface area contributed by atoms with E-state index in [2.05, 4.69) is 34.2 Å². The largest absolute Gasteiger partial charge is 0.388 e. The molecule has 2 bridgehead atoms. The van der Waals surface area contributed by atoms with Crippen LogP contribution in [0.2, 0.25) is 0 Å². The van der Waals surface area contributed by atoms with E-state index in [-0.39, 0.29) is 6.10 Å². The first-order valence-electron chi connectivity index (χ1n) is 4.51. The van der Waals surface area contributed by atoms with Crippen LogP contribution in [0.25, 0.3) is 0 Å². The number of hydrogen-bond donors (Lipinski definition) is 1. The second-order valence-electron chi connectivity index (χ2n) is 4.10. The lowest BCUT2D eigenvalue weighted by molar-refractivity contribution is 0.130. The van der Waals surface area contributed by atoms with Crippen LogP contribution in [0, 0.1) is 23.7 Å². The van der Waals surface area contributed by atoms with Crippen molar-refractivity contribution in [2.24, 2.45) is 23.7 Å². The Morgan fingerprint density at radius 3 is 2.83 bits per heavy atom. The molecule has 0 saturated heterocycles. The Balaban J connectivity index is 2.01. The molecule has 12 heavy (non-hydrogen) atoms. The Labute approximate surface area is 80.3 Å². The summed E-state index contributed by atoms with van der Waals surface area (Å²) >= 11 is 3.43. The van der Waals surface area contributed by atoms with Crippen LogP contribution in [0.4, 0.5) is 0 Å². The van der Waals surface area contributed by atoms with Gasteiger partial charge < -0.3 is 5.11 Å². The molecule has 0 aromatic rings. The minimum atomic E-state index is -0.227. The molecular weight excluding hydrogens is 216 g/mol. The highest BCUT2D eigenvalue weighted by atomic mass is 79.9. The molecule has 0 radical (unpaired) electrons. The number of rotatable bonds is 0. The van der Waals surface area contributed by atoms with Crippen molar-refractivity contribution in [1.29, 1.82) is 0 Å². The first kappa shape index (κ1) is 7.34. The van der Waals surface area contributed by atoms with Gasteiger partial charge in [-0.3, -0.25) is 0 Å². The van der Waals surface area contributed by atoms with E-state index < -0.39 is 0 Å². The summed E-state index contributed by atoms with van der Waals surface area (Å²) in [6.07, 6.45) is 7.86. The van der Waals surface area contributed by atoms with Crippen LogP contribution in [0.5, 0.6) is 0 Å². The molecule has 0 unspecified atom stereocenters. The smallest absolute Gasteiger partial charge is 0.0891 e. The topological polar surface area (TPSA) is 20.2 Å². The Morgan fingerprint density at radius 2 is 2.08 bits per heavy atom. The molecule has 2 heteroatoms. The van der Waals surface area contributed by atoms with Gasteiger partial charge in [-0.1, -0.05) is 34.2 Å². The molecule has 0 aromatic carbocycles. The lowest BCUT2D eigenvalue weighted by Gasteiger charge is -2.22. The van der Waals surface area contributed by atoms with Gasteiger partial charge >= 0.3 is 0 Å². The van der Waals surface area contributed by atoms with E-state index in [9.17, 15) is 5.11 Å². The van der Waals surface area contributed by atoms with Gasteiger partial charge in [0, 0.05) is 10.4 Å². The van der Waals surface area contributed by atoms with Gasteiger partial charge in [0.05, 0.1) is 6.10 Å². The van der Waals surface area contributed by atoms with E-state index in [1.165, 1.54) is 6.42 Å². The third-order valence-corrected chi connectivity index (χ3v) is 4.32. The Kier molecular flexibility index (Phi) is 1.37. The maximum atomic E-state index is 9.84. The van der Waals surface area contributed by atoms with Crippen LogP contribution in [-0.2, 0) is 0 Å². The van der Waals surface area contributed by atoms with Gasteiger partial charge in [0.1, 0.15) is 0 Å². The molecule has 64 valence electrons. The molecule has 3 rings (SSSR count). The zero-order valence-corrected chi connectivity index (χ0v) is 8.24. The van der Waals surface area contributed by atoms with Crippen LogP contribution < -0.4 is 0 Å². The van der Waals surface area contributed by atoms with Crippen molar-refractivity contribution in [1.82, 2.24) is 0 Å². The predicted molar refractivity (Wildman–Crippen MR) is 50.7 cm³/mol. The van der Waals surface area contributed by atoms with Crippen molar-refractivity contribution in [2.45, 2.75) is 12.5 Å². The molecule has 1 fully saturated rings. The summed E-state index contributed by atoms with van der Waals surface area (Å²) in [5.41, 5.74) is 0. The highest BCUT2D eigenvalue weighted by Crippen LogP contribution is 2.55. The molecular formula is C10H11BrO. The number of halogens is 1. The molecule has 0 heterocycles. The average molecular weight is 227 g/mol. The van der Waals surface area contributed by atoms with Gasteiger partial charge in [-0.25, -0.2) is 0 Å². The van der Waals surface area contributed by atoms with Crippen molar-refractivity contribution in [3.8, 4) is 0 Å². The SMILES string of the molecule is O[C@@H]1C(Br)=C[C@H]2[C@H]1[C@H]1C=C[C@H]2C1. The molecule has 1 N–H and O–H groups in total. The maximum Gasteiger partial charge on any atom is 0.0891 e. The van der Waals surface area contributed by atoms with Gasteiger partial charge in [0.25, 0.3) is 0 Å². The van der Waals surface area contributed by atoms with Gasteiger partial charge in [0.2, 0.25) is 0 Å². The fraction of sp³-hybridized carbons (Fsp3) is 0.600. The van der Waals surface area contributed by atoms with Crippen molar-refractivity contribution in [2.75, 3.05) is 0 Å². The zero-order chi connectivity index (χ0) is 8.29. The van der Waals surface area contributed by atoms with E-state index >= 15 is 0 Å². The zero-order valence-electron chi connectivity index (χ0n) is 6.65. The van der Waals surface area contributed by atoms with Gasteiger partial charge in [-0.05, 0) is 24.2 Å². The van der Waals surface area contributed by atoms with Crippen LogP contribution in [0.15, 0.2) is 22.7 Å². The highest BCUT2D eigenvalue weighted by Gasteiger charge is 2.50. The predicted octanol–water partition coefficient (Wildman–Crippen LogP) is 2.08. The molecule has 3 aliphatic rings. The number of aliphatic hydroxyl groups is 1. The minimum Gasteiger partial charge on any atom is -0.388 e. The lowest BCUT2D eigenvalue weighted by Crippen LogP contribution is -2.24. The Hall–Kier alpha value is -0.0800. The maximum absolute atomic E-state index is 9.84. The summed E-state index contributed by atoms with van der Waals surface area (Å²) in [5, 5.41) is 9.84. The van der Waals surface area contributed by atoms with E-state index in [4.69, 9.17) is 0 Å². The fourth-order valence-corrected chi connectivity index (χ4v) is 3.65. The van der Waals surface area contributed by atoms with Crippen LogP contribution >= 0.6 is 15.9 Å². The summed E-state index contributed by atoms with van der Waals surface area (Å²) in [7, 11) is 0. The quantitative estimate of drug-likeness (QED) is 0.628. The summed E-state index contributed by atoms with van der Waals surface area (Å²) in [5.74, 6) is 2.45. The molecule has 0 spiro atoms. The molecule has 0 aliphatic heterocycles. The Morgan fingerprint density at radius 1 is 1.33 bits per heavy atom. The summed E-state index contributed by atoms with van der Waals surface area (Å²) in [6.45, 7) is 0. The molecule has 1 saturated carbocycles. The second-order valence-corrected chi connectivity index (χ2v) is 5.02. The van der Waals surface area contributed by atoms with E-state index in [0.717, 1.165) is 4.48 Å². The van der Waals surface area contributed by atoms with Crippen molar-refractivity contribution < 1.29 is 5.11 Å². The molecule has 0 amide bonds. The normalized spacial score (nSPS) is 54.5. The number of allylic oxidation sites excluding steroid dienone is 3. The van der Waals surface area contributed by atoms with Gasteiger partial charge in [-0.2, -0.15) is 0 Å². The second kappa shape index (κ2) is 2.24. The number of hydrogen-bond acceptors (Lipinski definition) is 1. The van der Waals surface area contributed by atoms with E-state index in [1.54, 1.807) is 0 Å². The summed E-state index contributed by atoms with van der Waals surface area (Å²) in [6, 6.07) is 0. The number of fused-ring (bicyclic) bond motifs is 5. The molecule has 0 aromatic heterocycles. The van der Waals surface area contributed by atoms with Crippen molar-refractivity contribution in [3.63, 3.8) is 0 Å². The van der Waals surface area contributed by atoms with Crippen molar-refractivity contribution >= 4 is 15.9 Å². The summed E-state index contributed by atoms with van der Waals surface area (Å²) in [4.78, 5) is 0. The minimum absolute atomic E-state index is 0.227. The lowest BCUT2D eigenvalue weighted by atomic mass is 9.84. The fourth-order valence-electron chi connectivity index (χ4n) is 3.04.